The Bertz CT molecular complexity index is 651. The molecule has 1 atom stereocenters. The normalized spacial score (nSPS) is 15.1. The van der Waals surface area contributed by atoms with Crippen LogP contribution in [0.3, 0.4) is 0 Å². The van der Waals surface area contributed by atoms with Gasteiger partial charge in [0, 0.05) is 0 Å². The highest BCUT2D eigenvalue weighted by molar-refractivity contribution is 5.91. The van der Waals surface area contributed by atoms with E-state index in [1.165, 1.54) is 0 Å². The summed E-state index contributed by atoms with van der Waals surface area (Å²) in [5, 5.41) is 11.9. The molecule has 1 aromatic carbocycles. The topological polar surface area (TPSA) is 84.9 Å². The number of fused-ring (bicyclic) bond motifs is 1. The van der Waals surface area contributed by atoms with Crippen molar-refractivity contribution in [3.05, 3.63) is 35.9 Å². The van der Waals surface area contributed by atoms with Crippen molar-refractivity contribution in [2.24, 2.45) is 0 Å². The number of rotatable bonds is 6. The lowest BCUT2D eigenvalue weighted by Gasteiger charge is -2.28. The fourth-order valence-corrected chi connectivity index (χ4v) is 2.40. The summed E-state index contributed by atoms with van der Waals surface area (Å²) < 4.78 is 11.0. The minimum Gasteiger partial charge on any atom is -0.486 e. The molecule has 0 aromatic heterocycles. The van der Waals surface area contributed by atoms with Gasteiger partial charge in [-0.05, 0) is 44.9 Å². The van der Waals surface area contributed by atoms with E-state index in [4.69, 9.17) is 9.47 Å². The molecule has 0 saturated heterocycles. The van der Waals surface area contributed by atoms with Gasteiger partial charge in [-0.2, -0.15) is 0 Å². The third-order valence-corrected chi connectivity index (χ3v) is 4.04. The van der Waals surface area contributed by atoms with Gasteiger partial charge in [-0.1, -0.05) is 18.2 Å². The molecule has 0 radical (unpaired) electrons. The summed E-state index contributed by atoms with van der Waals surface area (Å²) in [5.41, 5.74) is -0.168. The van der Waals surface area contributed by atoms with Crippen molar-refractivity contribution in [2.45, 2.75) is 38.6 Å². The molecule has 6 nitrogen and oxygen atoms in total. The van der Waals surface area contributed by atoms with Crippen molar-refractivity contribution in [3.63, 3.8) is 0 Å². The lowest BCUT2D eigenvalue weighted by atomic mass is 9.83. The van der Waals surface area contributed by atoms with Crippen LogP contribution in [0.1, 0.15) is 32.8 Å². The molecule has 1 aliphatic rings. The number of hydrogen-bond acceptors (Lipinski definition) is 4. The molecule has 1 heterocycles. The molecule has 0 fully saturated rings. The van der Waals surface area contributed by atoms with Crippen LogP contribution in [-0.2, 0) is 15.0 Å². The van der Waals surface area contributed by atoms with E-state index in [2.05, 4.69) is 5.32 Å². The second-order valence-corrected chi connectivity index (χ2v) is 6.15. The summed E-state index contributed by atoms with van der Waals surface area (Å²) in [7, 11) is 0. The summed E-state index contributed by atoms with van der Waals surface area (Å²) in [5.74, 6) is -0.156. The highest BCUT2D eigenvalue weighted by Crippen LogP contribution is 2.35. The Balaban J connectivity index is 2.18. The fourth-order valence-electron chi connectivity index (χ4n) is 2.40. The van der Waals surface area contributed by atoms with Gasteiger partial charge in [-0.25, -0.2) is 4.79 Å². The molecule has 6 heteroatoms. The summed E-state index contributed by atoms with van der Waals surface area (Å²) in [6.45, 7) is 6.28. The fraction of sp³-hybridized carbons (Fsp3) is 0.444. The van der Waals surface area contributed by atoms with E-state index in [-0.39, 0.29) is 12.3 Å². The lowest BCUT2D eigenvalue weighted by molar-refractivity contribution is -0.142. The molecule has 0 aliphatic carbocycles. The Hall–Kier alpha value is -2.50. The third-order valence-electron chi connectivity index (χ3n) is 4.04. The highest BCUT2D eigenvalue weighted by Gasteiger charge is 2.33. The number of benzene rings is 1. The zero-order chi connectivity index (χ0) is 17.7. The molecule has 1 unspecified atom stereocenters. The zero-order valence-electron chi connectivity index (χ0n) is 14.2. The van der Waals surface area contributed by atoms with Crippen molar-refractivity contribution in [3.8, 4) is 11.5 Å². The van der Waals surface area contributed by atoms with Gasteiger partial charge in [0.15, 0.2) is 11.5 Å². The number of aliphatic carboxylic acids is 1. The summed E-state index contributed by atoms with van der Waals surface area (Å²) in [6, 6.07) is 4.39. The first kappa shape index (κ1) is 17.8. The standard InChI is InChI=1S/C18H23NO5/c1-4-5-6-13(16(20)21)19-17(22)18(2,3)12-7-8-14-15(11-12)24-10-9-23-14/h4-5,7-8,11,13H,6,9-10H2,1-3H3,(H,19,22)(H,20,21)/b5-4+. The molecule has 0 bridgehead atoms. The number of carboxylic acid groups (broad SMARTS) is 1. The molecule has 1 amide bonds. The maximum Gasteiger partial charge on any atom is 0.326 e. The van der Waals surface area contributed by atoms with Crippen LogP contribution in [0.2, 0.25) is 0 Å². The van der Waals surface area contributed by atoms with Gasteiger partial charge in [-0.15, -0.1) is 0 Å². The van der Waals surface area contributed by atoms with E-state index >= 15 is 0 Å². The average molecular weight is 333 g/mol. The van der Waals surface area contributed by atoms with Gasteiger partial charge in [-0.3, -0.25) is 4.79 Å². The Morgan fingerprint density at radius 2 is 1.96 bits per heavy atom. The first-order valence-corrected chi connectivity index (χ1v) is 7.91. The average Bonchev–Trinajstić information content (AvgIpc) is 2.57. The molecule has 130 valence electrons. The number of amides is 1. The Kier molecular flexibility index (Phi) is 5.49. The maximum absolute atomic E-state index is 12.6. The van der Waals surface area contributed by atoms with Gasteiger partial charge in [0.25, 0.3) is 0 Å². The molecule has 0 spiro atoms. The number of hydrogen-bond donors (Lipinski definition) is 2. The van der Waals surface area contributed by atoms with E-state index in [0.29, 0.717) is 24.7 Å². The van der Waals surface area contributed by atoms with Gasteiger partial charge in [0.05, 0.1) is 5.41 Å². The minimum atomic E-state index is -1.06. The number of carbonyl (C=O) groups excluding carboxylic acids is 1. The second kappa shape index (κ2) is 7.38. The van der Waals surface area contributed by atoms with Crippen molar-refractivity contribution in [2.75, 3.05) is 13.2 Å². The maximum atomic E-state index is 12.6. The van der Waals surface area contributed by atoms with Gasteiger partial charge >= 0.3 is 5.97 Å². The first-order chi connectivity index (χ1) is 11.4. The van der Waals surface area contributed by atoms with Crippen LogP contribution >= 0.6 is 0 Å². The van der Waals surface area contributed by atoms with Crippen molar-refractivity contribution >= 4 is 11.9 Å². The van der Waals surface area contributed by atoms with E-state index in [1.54, 1.807) is 51.1 Å². The van der Waals surface area contributed by atoms with Crippen molar-refractivity contribution < 1.29 is 24.2 Å². The smallest absolute Gasteiger partial charge is 0.326 e. The Labute approximate surface area is 141 Å². The van der Waals surface area contributed by atoms with E-state index in [9.17, 15) is 14.7 Å². The second-order valence-electron chi connectivity index (χ2n) is 6.15. The van der Waals surface area contributed by atoms with Gasteiger partial charge in [0.1, 0.15) is 19.3 Å². The summed E-state index contributed by atoms with van der Waals surface area (Å²) in [4.78, 5) is 24.0. The summed E-state index contributed by atoms with van der Waals surface area (Å²) in [6.07, 6.45) is 3.72. The van der Waals surface area contributed by atoms with Crippen molar-refractivity contribution in [1.29, 1.82) is 0 Å². The number of ether oxygens (including phenoxy) is 2. The zero-order valence-corrected chi connectivity index (χ0v) is 14.2. The largest absolute Gasteiger partial charge is 0.486 e. The van der Waals surface area contributed by atoms with Crippen LogP contribution in [0.5, 0.6) is 11.5 Å². The van der Waals surface area contributed by atoms with E-state index in [1.807, 2.05) is 0 Å². The quantitative estimate of drug-likeness (QED) is 0.780. The van der Waals surface area contributed by atoms with Gasteiger partial charge in [0.2, 0.25) is 5.91 Å². The first-order valence-electron chi connectivity index (χ1n) is 7.91. The number of allylic oxidation sites excluding steroid dienone is 1. The molecule has 24 heavy (non-hydrogen) atoms. The number of nitrogens with one attached hydrogen (secondary N) is 1. The molecule has 0 saturated carbocycles. The Morgan fingerprint density at radius 1 is 1.29 bits per heavy atom. The molecule has 2 rings (SSSR count). The summed E-state index contributed by atoms with van der Waals surface area (Å²) >= 11 is 0. The molecule has 2 N–H and O–H groups in total. The van der Waals surface area contributed by atoms with Crippen LogP contribution in [-0.4, -0.2) is 36.2 Å². The molecular weight excluding hydrogens is 310 g/mol. The number of carbonyl (C=O) groups is 2. The van der Waals surface area contributed by atoms with Crippen LogP contribution in [0, 0.1) is 0 Å². The van der Waals surface area contributed by atoms with Crippen LogP contribution in [0.15, 0.2) is 30.4 Å². The molecule has 1 aliphatic heterocycles. The Morgan fingerprint density at radius 3 is 2.58 bits per heavy atom. The predicted molar refractivity (Wildman–Crippen MR) is 89.5 cm³/mol. The van der Waals surface area contributed by atoms with Gasteiger partial charge < -0.3 is 19.9 Å². The van der Waals surface area contributed by atoms with E-state index in [0.717, 1.165) is 5.56 Å². The highest BCUT2D eigenvalue weighted by atomic mass is 16.6. The monoisotopic (exact) mass is 333 g/mol. The SMILES string of the molecule is C/C=C/CC(NC(=O)C(C)(C)c1ccc2c(c1)OCCO2)C(=O)O. The third kappa shape index (κ3) is 3.88. The van der Waals surface area contributed by atoms with Crippen LogP contribution in [0.25, 0.3) is 0 Å². The molecular formula is C18H23NO5. The van der Waals surface area contributed by atoms with Crippen molar-refractivity contribution in [1.82, 2.24) is 5.32 Å². The lowest BCUT2D eigenvalue weighted by Crippen LogP contribution is -2.48. The predicted octanol–water partition coefficient (Wildman–Crippen LogP) is 2.27. The van der Waals surface area contributed by atoms with Crippen LogP contribution < -0.4 is 14.8 Å². The molecule has 1 aromatic rings. The number of carboxylic acids is 1. The van der Waals surface area contributed by atoms with Crippen LogP contribution in [0.4, 0.5) is 0 Å². The van der Waals surface area contributed by atoms with E-state index < -0.39 is 17.4 Å². The minimum absolute atomic E-state index is 0.245.